The Balaban J connectivity index is 0.00000144. The molecule has 0 aliphatic rings. The average Bonchev–Trinajstić information content (AvgIpc) is 2.72. The highest BCUT2D eigenvalue weighted by Gasteiger charge is 1.96. The molecular weight excluding hydrogens is 250 g/mol. The zero-order valence-corrected chi connectivity index (χ0v) is 11.5. The summed E-state index contributed by atoms with van der Waals surface area (Å²) < 4.78 is 0. The summed E-state index contributed by atoms with van der Waals surface area (Å²) in [7, 11) is 0. The van der Waals surface area contributed by atoms with Crippen molar-refractivity contribution in [2.24, 2.45) is 0 Å². The van der Waals surface area contributed by atoms with Crippen molar-refractivity contribution in [1.29, 1.82) is 0 Å². The fourth-order valence-electron chi connectivity index (χ4n) is 1.67. The van der Waals surface area contributed by atoms with Gasteiger partial charge in [-0.1, -0.05) is 30.3 Å². The lowest BCUT2D eigenvalue weighted by Gasteiger charge is -2.03. The van der Waals surface area contributed by atoms with Gasteiger partial charge in [-0.15, -0.1) is 11.3 Å². The molecule has 1 N–H and O–H groups in total. The number of aryl methyl sites for hydroxylation is 1. The Labute approximate surface area is 113 Å². The van der Waals surface area contributed by atoms with Crippen molar-refractivity contribution in [3.63, 3.8) is 0 Å². The molecule has 0 saturated carbocycles. The summed E-state index contributed by atoms with van der Waals surface area (Å²) in [5.74, 6) is 0. The van der Waals surface area contributed by atoms with Crippen LogP contribution >= 0.6 is 11.3 Å². The second-order valence-corrected chi connectivity index (χ2v) is 5.30. The first-order chi connectivity index (χ1) is 7.84. The number of benzene rings is 1. The van der Waals surface area contributed by atoms with Crippen LogP contribution in [0.2, 0.25) is 0 Å². The maximum Gasteiger partial charge on any atom is 0.0299 e. The van der Waals surface area contributed by atoms with Crippen molar-refractivity contribution in [2.75, 3.05) is 6.54 Å². The third kappa shape index (κ3) is 4.90. The van der Waals surface area contributed by atoms with Gasteiger partial charge in [-0.25, -0.2) is 0 Å². The van der Waals surface area contributed by atoms with Gasteiger partial charge in [0.05, 0.1) is 0 Å². The van der Waals surface area contributed by atoms with E-state index in [0.29, 0.717) is 0 Å². The van der Waals surface area contributed by atoms with Crippen LogP contribution in [0.1, 0.15) is 15.3 Å². The van der Waals surface area contributed by atoms with Gasteiger partial charge in [-0.05, 0) is 37.6 Å². The highest BCUT2D eigenvalue weighted by atomic mass is 35.5. The van der Waals surface area contributed by atoms with Gasteiger partial charge in [0.15, 0.2) is 0 Å². The lowest BCUT2D eigenvalue weighted by molar-refractivity contribution is -0.00000326. The van der Waals surface area contributed by atoms with E-state index in [2.05, 4.69) is 54.7 Å². The first-order valence-electron chi connectivity index (χ1n) is 5.64. The highest BCUT2D eigenvalue weighted by molar-refractivity contribution is 7.11. The lowest BCUT2D eigenvalue weighted by Crippen LogP contribution is -3.00. The fraction of sp³-hybridized carbons (Fsp3) is 0.286. The normalized spacial score (nSPS) is 9.94. The molecule has 17 heavy (non-hydrogen) atoms. The van der Waals surface area contributed by atoms with Crippen LogP contribution in [-0.2, 0) is 13.0 Å². The van der Waals surface area contributed by atoms with E-state index in [1.165, 1.54) is 15.3 Å². The van der Waals surface area contributed by atoms with E-state index in [1.807, 2.05) is 11.3 Å². The van der Waals surface area contributed by atoms with E-state index in [4.69, 9.17) is 0 Å². The Morgan fingerprint density at radius 1 is 1.06 bits per heavy atom. The molecule has 2 rings (SSSR count). The zero-order chi connectivity index (χ0) is 11.2. The standard InChI is InChI=1S/C14H17NS.ClH/c1-12-7-8-14(16-12)11-15-10-9-13-5-3-2-4-6-13;/h2-8,15H,9-11H2,1H3;1H/p-1. The van der Waals surface area contributed by atoms with Crippen LogP contribution in [0, 0.1) is 6.92 Å². The summed E-state index contributed by atoms with van der Waals surface area (Å²) in [4.78, 5) is 2.81. The molecule has 0 bridgehead atoms. The molecule has 92 valence electrons. The second-order valence-electron chi connectivity index (χ2n) is 3.92. The lowest BCUT2D eigenvalue weighted by atomic mass is 10.1. The van der Waals surface area contributed by atoms with Crippen molar-refractivity contribution in [2.45, 2.75) is 19.9 Å². The van der Waals surface area contributed by atoms with Crippen molar-refractivity contribution >= 4 is 11.3 Å². The molecule has 0 saturated heterocycles. The van der Waals surface area contributed by atoms with Crippen molar-refractivity contribution in [3.8, 4) is 0 Å². The van der Waals surface area contributed by atoms with Gasteiger partial charge in [-0.3, -0.25) is 0 Å². The molecular formula is C14H17ClNS-. The molecule has 1 aromatic carbocycles. The maximum absolute atomic E-state index is 3.47. The van der Waals surface area contributed by atoms with E-state index < -0.39 is 0 Å². The Kier molecular flexibility index (Phi) is 6.27. The molecule has 0 amide bonds. The Hall–Kier alpha value is -0.830. The van der Waals surface area contributed by atoms with Crippen LogP contribution in [0.5, 0.6) is 0 Å². The number of thiophene rings is 1. The highest BCUT2D eigenvalue weighted by Crippen LogP contribution is 2.14. The summed E-state index contributed by atoms with van der Waals surface area (Å²) in [6.45, 7) is 4.18. The molecule has 2 aromatic rings. The predicted octanol–water partition coefficient (Wildman–Crippen LogP) is 0.393. The smallest absolute Gasteiger partial charge is 0.0299 e. The van der Waals surface area contributed by atoms with Crippen LogP contribution in [0.3, 0.4) is 0 Å². The van der Waals surface area contributed by atoms with E-state index >= 15 is 0 Å². The Bertz CT molecular complexity index is 425. The summed E-state index contributed by atoms with van der Waals surface area (Å²) in [5.41, 5.74) is 1.40. The first kappa shape index (κ1) is 14.2. The van der Waals surface area contributed by atoms with Gasteiger partial charge in [0.25, 0.3) is 0 Å². The monoisotopic (exact) mass is 266 g/mol. The Morgan fingerprint density at radius 3 is 2.47 bits per heavy atom. The minimum absolute atomic E-state index is 0. The number of halogens is 1. The van der Waals surface area contributed by atoms with Crippen LogP contribution in [0.15, 0.2) is 42.5 Å². The maximum atomic E-state index is 3.47. The summed E-state index contributed by atoms with van der Waals surface area (Å²) >= 11 is 1.87. The molecule has 0 spiro atoms. The van der Waals surface area contributed by atoms with E-state index in [9.17, 15) is 0 Å². The quantitative estimate of drug-likeness (QED) is 0.773. The predicted molar refractivity (Wildman–Crippen MR) is 70.9 cm³/mol. The van der Waals surface area contributed by atoms with Gasteiger partial charge in [0, 0.05) is 16.3 Å². The van der Waals surface area contributed by atoms with E-state index in [-0.39, 0.29) is 12.4 Å². The molecule has 0 radical (unpaired) electrons. The van der Waals surface area contributed by atoms with Gasteiger partial charge >= 0.3 is 0 Å². The molecule has 1 aromatic heterocycles. The molecule has 0 unspecified atom stereocenters. The average molecular weight is 267 g/mol. The molecule has 1 heterocycles. The Morgan fingerprint density at radius 2 is 1.82 bits per heavy atom. The van der Waals surface area contributed by atoms with Gasteiger partial charge < -0.3 is 17.7 Å². The summed E-state index contributed by atoms with van der Waals surface area (Å²) in [5, 5.41) is 3.47. The van der Waals surface area contributed by atoms with Crippen molar-refractivity contribution < 1.29 is 12.4 Å². The number of rotatable bonds is 5. The van der Waals surface area contributed by atoms with Crippen molar-refractivity contribution in [1.82, 2.24) is 5.32 Å². The topological polar surface area (TPSA) is 12.0 Å². The number of hydrogen-bond acceptors (Lipinski definition) is 2. The van der Waals surface area contributed by atoms with E-state index in [0.717, 1.165) is 19.5 Å². The number of hydrogen-bond donors (Lipinski definition) is 1. The molecule has 0 aliphatic carbocycles. The molecule has 0 aliphatic heterocycles. The summed E-state index contributed by atoms with van der Waals surface area (Å²) in [6, 6.07) is 15.0. The third-order valence-electron chi connectivity index (χ3n) is 2.53. The van der Waals surface area contributed by atoms with Crippen molar-refractivity contribution in [3.05, 3.63) is 57.8 Å². The number of nitrogens with one attached hydrogen (secondary N) is 1. The molecule has 0 fully saturated rings. The van der Waals surface area contributed by atoms with Crippen LogP contribution in [-0.4, -0.2) is 6.54 Å². The van der Waals surface area contributed by atoms with Gasteiger partial charge in [-0.2, -0.15) is 0 Å². The zero-order valence-electron chi connectivity index (χ0n) is 9.95. The minimum Gasteiger partial charge on any atom is -1.00 e. The van der Waals surface area contributed by atoms with Crippen LogP contribution < -0.4 is 17.7 Å². The SMILES string of the molecule is Cc1ccc(CNCCc2ccccc2)s1.[Cl-]. The molecule has 3 heteroatoms. The van der Waals surface area contributed by atoms with Crippen LogP contribution in [0.25, 0.3) is 0 Å². The minimum atomic E-state index is 0. The second kappa shape index (κ2) is 7.49. The molecule has 1 nitrogen and oxygen atoms in total. The van der Waals surface area contributed by atoms with Gasteiger partial charge in [0.1, 0.15) is 0 Å². The summed E-state index contributed by atoms with van der Waals surface area (Å²) in [6.07, 6.45) is 1.10. The van der Waals surface area contributed by atoms with Gasteiger partial charge in [0.2, 0.25) is 0 Å². The largest absolute Gasteiger partial charge is 1.00 e. The van der Waals surface area contributed by atoms with E-state index in [1.54, 1.807) is 0 Å². The fourth-order valence-corrected chi connectivity index (χ4v) is 2.53. The molecule has 0 atom stereocenters. The van der Waals surface area contributed by atoms with Crippen LogP contribution in [0.4, 0.5) is 0 Å². The first-order valence-corrected chi connectivity index (χ1v) is 6.46. The third-order valence-corrected chi connectivity index (χ3v) is 3.53.